The van der Waals surface area contributed by atoms with Gasteiger partial charge in [0.05, 0.1) is 13.2 Å². The first-order valence-corrected chi connectivity index (χ1v) is 6.69. The molecule has 0 aliphatic carbocycles. The third-order valence-electron chi connectivity index (χ3n) is 3.38. The molecule has 20 heavy (non-hydrogen) atoms. The lowest BCUT2D eigenvalue weighted by molar-refractivity contribution is 0.177. The zero-order chi connectivity index (χ0) is 14.5. The zero-order valence-electron chi connectivity index (χ0n) is 12.2. The van der Waals surface area contributed by atoms with E-state index in [1.54, 1.807) is 7.11 Å². The fraction of sp³-hybridized carbons (Fsp3) is 0.294. The first-order chi connectivity index (χ1) is 9.61. The normalized spacial score (nSPS) is 12.0. The van der Waals surface area contributed by atoms with E-state index in [-0.39, 0.29) is 0 Å². The van der Waals surface area contributed by atoms with Gasteiger partial charge in [-0.1, -0.05) is 30.3 Å². The summed E-state index contributed by atoms with van der Waals surface area (Å²) >= 11 is 0. The van der Waals surface area contributed by atoms with E-state index in [2.05, 4.69) is 0 Å². The predicted octanol–water partition coefficient (Wildman–Crippen LogP) is 3.04. The molecule has 0 aliphatic heterocycles. The van der Waals surface area contributed by atoms with Crippen LogP contribution in [0.3, 0.4) is 0 Å². The summed E-state index contributed by atoms with van der Waals surface area (Å²) in [7, 11) is 5.63. The Morgan fingerprint density at radius 3 is 2.55 bits per heavy atom. The Bertz CT molecular complexity index is 566. The fourth-order valence-electron chi connectivity index (χ4n) is 2.21. The maximum absolute atomic E-state index is 10.4. The van der Waals surface area contributed by atoms with E-state index < -0.39 is 6.10 Å². The topological polar surface area (TPSA) is 32.7 Å². The molecule has 0 radical (unpaired) electrons. The Hall–Kier alpha value is -2.00. The molecule has 0 heterocycles. The van der Waals surface area contributed by atoms with Gasteiger partial charge in [-0.15, -0.1) is 0 Å². The maximum Gasteiger partial charge on any atom is 0.122 e. The molecule has 1 N–H and O–H groups in total. The lowest BCUT2D eigenvalue weighted by atomic mass is 10.0. The number of hydrogen-bond acceptors (Lipinski definition) is 3. The van der Waals surface area contributed by atoms with Crippen LogP contribution in [-0.2, 0) is 6.42 Å². The monoisotopic (exact) mass is 271 g/mol. The summed E-state index contributed by atoms with van der Waals surface area (Å²) in [6.07, 6.45) is 0.00663. The number of methoxy groups -OCH3 is 1. The van der Waals surface area contributed by atoms with Crippen molar-refractivity contribution in [1.29, 1.82) is 0 Å². The second kappa shape index (κ2) is 6.44. The Morgan fingerprint density at radius 1 is 1.10 bits per heavy atom. The quantitative estimate of drug-likeness (QED) is 0.907. The lowest BCUT2D eigenvalue weighted by Gasteiger charge is -2.17. The lowest BCUT2D eigenvalue weighted by Crippen LogP contribution is -2.10. The molecule has 2 aromatic carbocycles. The zero-order valence-corrected chi connectivity index (χ0v) is 12.2. The molecule has 2 aromatic rings. The predicted molar refractivity (Wildman–Crippen MR) is 82.4 cm³/mol. The summed E-state index contributed by atoms with van der Waals surface area (Å²) in [5.41, 5.74) is 3.02. The van der Waals surface area contributed by atoms with Crippen LogP contribution in [0.2, 0.25) is 0 Å². The molecule has 0 aromatic heterocycles. The summed E-state index contributed by atoms with van der Waals surface area (Å²) < 4.78 is 5.32. The first kappa shape index (κ1) is 14.4. The minimum Gasteiger partial charge on any atom is -0.496 e. The Kier molecular flexibility index (Phi) is 4.64. The molecule has 0 spiro atoms. The number of nitrogens with zero attached hydrogens (tertiary/aromatic N) is 1. The third kappa shape index (κ3) is 3.31. The van der Waals surface area contributed by atoms with Crippen molar-refractivity contribution in [3.8, 4) is 5.75 Å². The van der Waals surface area contributed by atoms with Crippen LogP contribution in [-0.4, -0.2) is 26.3 Å². The van der Waals surface area contributed by atoms with E-state index in [4.69, 9.17) is 4.74 Å². The van der Waals surface area contributed by atoms with Gasteiger partial charge in [-0.25, -0.2) is 0 Å². The number of aliphatic hydroxyl groups is 1. The van der Waals surface area contributed by atoms with Crippen molar-refractivity contribution in [1.82, 2.24) is 0 Å². The highest BCUT2D eigenvalue weighted by Crippen LogP contribution is 2.26. The molecule has 1 atom stereocenters. The van der Waals surface area contributed by atoms with Gasteiger partial charge in [0.1, 0.15) is 5.75 Å². The smallest absolute Gasteiger partial charge is 0.122 e. The maximum atomic E-state index is 10.4. The molecule has 0 bridgehead atoms. The number of ether oxygens (including phenoxy) is 1. The van der Waals surface area contributed by atoms with Gasteiger partial charge in [0.25, 0.3) is 0 Å². The molecular weight excluding hydrogens is 250 g/mol. The summed E-state index contributed by atoms with van der Waals surface area (Å²) in [5.74, 6) is 0.815. The van der Waals surface area contributed by atoms with Gasteiger partial charge in [-0.05, 0) is 29.3 Å². The van der Waals surface area contributed by atoms with Crippen molar-refractivity contribution in [3.05, 3.63) is 59.7 Å². The molecule has 0 amide bonds. The van der Waals surface area contributed by atoms with Crippen LogP contribution in [0.4, 0.5) is 5.69 Å². The molecule has 0 saturated carbocycles. The molecule has 0 fully saturated rings. The highest BCUT2D eigenvalue weighted by molar-refractivity contribution is 5.48. The summed E-state index contributed by atoms with van der Waals surface area (Å²) in [5, 5.41) is 10.4. The Labute approximate surface area is 120 Å². The molecule has 3 nitrogen and oxygen atoms in total. The standard InChI is InChI=1S/C17H21NO2/c1-18(2)15-9-6-8-13(11-15)16(19)12-14-7-4-5-10-17(14)20-3/h4-11,16,19H,12H2,1-3H3. The number of benzene rings is 2. The van der Waals surface area contributed by atoms with E-state index in [0.29, 0.717) is 6.42 Å². The molecule has 106 valence electrons. The largest absolute Gasteiger partial charge is 0.496 e. The second-order valence-corrected chi connectivity index (χ2v) is 5.02. The number of hydrogen-bond donors (Lipinski definition) is 1. The van der Waals surface area contributed by atoms with Gasteiger partial charge in [0.2, 0.25) is 0 Å². The van der Waals surface area contributed by atoms with Crippen molar-refractivity contribution in [3.63, 3.8) is 0 Å². The van der Waals surface area contributed by atoms with Crippen LogP contribution in [0.15, 0.2) is 48.5 Å². The van der Waals surface area contributed by atoms with Gasteiger partial charge < -0.3 is 14.7 Å². The van der Waals surface area contributed by atoms with E-state index in [1.807, 2.05) is 67.5 Å². The van der Waals surface area contributed by atoms with Gasteiger partial charge in [0, 0.05) is 26.2 Å². The van der Waals surface area contributed by atoms with E-state index in [9.17, 15) is 5.11 Å². The van der Waals surface area contributed by atoms with Crippen LogP contribution in [0.5, 0.6) is 5.75 Å². The van der Waals surface area contributed by atoms with Crippen molar-refractivity contribution in [2.75, 3.05) is 26.1 Å². The van der Waals surface area contributed by atoms with Crippen LogP contribution in [0.25, 0.3) is 0 Å². The molecule has 2 rings (SSSR count). The van der Waals surface area contributed by atoms with Crippen LogP contribution in [0, 0.1) is 0 Å². The van der Waals surface area contributed by atoms with Gasteiger partial charge in [0.15, 0.2) is 0 Å². The third-order valence-corrected chi connectivity index (χ3v) is 3.38. The first-order valence-electron chi connectivity index (χ1n) is 6.69. The summed E-state index contributed by atoms with van der Waals surface area (Å²) in [6, 6.07) is 15.8. The van der Waals surface area contributed by atoms with Crippen molar-refractivity contribution >= 4 is 5.69 Å². The van der Waals surface area contributed by atoms with Crippen molar-refractivity contribution < 1.29 is 9.84 Å². The van der Waals surface area contributed by atoms with E-state index in [1.165, 1.54) is 0 Å². The average molecular weight is 271 g/mol. The molecule has 3 heteroatoms. The van der Waals surface area contributed by atoms with Gasteiger partial charge >= 0.3 is 0 Å². The SMILES string of the molecule is COc1ccccc1CC(O)c1cccc(N(C)C)c1. The Morgan fingerprint density at radius 2 is 1.85 bits per heavy atom. The average Bonchev–Trinajstić information content (AvgIpc) is 2.48. The van der Waals surface area contributed by atoms with E-state index >= 15 is 0 Å². The highest BCUT2D eigenvalue weighted by Gasteiger charge is 2.12. The summed E-state index contributed by atoms with van der Waals surface area (Å²) in [4.78, 5) is 2.03. The van der Waals surface area contributed by atoms with Crippen LogP contribution >= 0.6 is 0 Å². The fourth-order valence-corrected chi connectivity index (χ4v) is 2.21. The van der Waals surface area contributed by atoms with Gasteiger partial charge in [-0.3, -0.25) is 0 Å². The highest BCUT2D eigenvalue weighted by atomic mass is 16.5. The molecule has 1 unspecified atom stereocenters. The number of aliphatic hydroxyl groups excluding tert-OH is 1. The molecule has 0 aliphatic rings. The van der Waals surface area contributed by atoms with E-state index in [0.717, 1.165) is 22.6 Å². The minimum absolute atomic E-state index is 0.536. The van der Waals surface area contributed by atoms with Crippen molar-refractivity contribution in [2.45, 2.75) is 12.5 Å². The van der Waals surface area contributed by atoms with Crippen molar-refractivity contribution in [2.24, 2.45) is 0 Å². The number of para-hydroxylation sites is 1. The Balaban J connectivity index is 2.19. The molecule has 0 saturated heterocycles. The van der Waals surface area contributed by atoms with Crippen LogP contribution in [0.1, 0.15) is 17.2 Å². The number of rotatable bonds is 5. The van der Waals surface area contributed by atoms with Gasteiger partial charge in [-0.2, -0.15) is 0 Å². The molecular formula is C17H21NO2. The van der Waals surface area contributed by atoms with Crippen LogP contribution < -0.4 is 9.64 Å². The minimum atomic E-state index is -0.536. The second-order valence-electron chi connectivity index (χ2n) is 5.02. The number of anilines is 1. The summed E-state index contributed by atoms with van der Waals surface area (Å²) in [6.45, 7) is 0.